The number of para-hydroxylation sites is 2. The minimum absolute atomic E-state index is 0.365. The lowest BCUT2D eigenvalue weighted by atomic mass is 10.2. The summed E-state index contributed by atoms with van der Waals surface area (Å²) in [4.78, 5) is 11.7. The topological polar surface area (TPSA) is 80.5 Å². The number of hydrogen-bond donors (Lipinski definition) is 0. The van der Waals surface area contributed by atoms with Gasteiger partial charge in [0.25, 0.3) is 15.7 Å². The summed E-state index contributed by atoms with van der Waals surface area (Å²) >= 11 is 7.53. The number of nitrogens with zero attached hydrogens (tertiary/aromatic N) is 2. The van der Waals surface area contributed by atoms with Crippen LogP contribution in [-0.4, -0.2) is 13.3 Å². The maximum atomic E-state index is 13.5. The van der Waals surface area contributed by atoms with Gasteiger partial charge in [0.1, 0.15) is 0 Å². The Morgan fingerprint density at radius 2 is 1.59 bits per heavy atom. The van der Waals surface area contributed by atoms with Crippen LogP contribution in [0.2, 0.25) is 5.02 Å². The van der Waals surface area contributed by atoms with Crippen molar-refractivity contribution in [2.75, 3.05) is 4.31 Å². The number of benzene rings is 3. The van der Waals surface area contributed by atoms with E-state index in [0.29, 0.717) is 21.3 Å². The van der Waals surface area contributed by atoms with E-state index < -0.39 is 20.6 Å². The minimum atomic E-state index is -4.26. The SMILES string of the molecule is O=[N+]([O-])c1ccccc1S(=O)(=O)N1c2ccccc2Sc2ccc(Cl)cc21. The normalized spacial score (nSPS) is 13.0. The predicted molar refractivity (Wildman–Crippen MR) is 104 cm³/mol. The van der Waals surface area contributed by atoms with Crippen LogP contribution in [0.25, 0.3) is 0 Å². The molecule has 1 aliphatic rings. The number of nitro groups is 1. The van der Waals surface area contributed by atoms with Crippen LogP contribution in [0.5, 0.6) is 0 Å². The molecular formula is C18H11ClN2O4S2. The third-order valence-corrected chi connectivity index (χ3v) is 7.16. The van der Waals surface area contributed by atoms with Crippen molar-refractivity contribution < 1.29 is 13.3 Å². The molecule has 1 heterocycles. The lowest BCUT2D eigenvalue weighted by molar-refractivity contribution is -0.387. The van der Waals surface area contributed by atoms with Crippen LogP contribution in [0, 0.1) is 10.1 Å². The molecule has 3 aromatic carbocycles. The summed E-state index contributed by atoms with van der Waals surface area (Å²) in [6.07, 6.45) is 0. The van der Waals surface area contributed by atoms with Crippen molar-refractivity contribution in [3.8, 4) is 0 Å². The fraction of sp³-hybridized carbons (Fsp3) is 0. The van der Waals surface area contributed by atoms with Crippen molar-refractivity contribution in [2.24, 2.45) is 0 Å². The quantitative estimate of drug-likeness (QED) is 0.429. The molecule has 0 aromatic heterocycles. The molecule has 6 nitrogen and oxygen atoms in total. The molecule has 0 radical (unpaired) electrons. The van der Waals surface area contributed by atoms with Gasteiger partial charge in [0.15, 0.2) is 4.90 Å². The van der Waals surface area contributed by atoms with Gasteiger partial charge in [-0.2, -0.15) is 0 Å². The van der Waals surface area contributed by atoms with E-state index in [-0.39, 0.29) is 4.90 Å². The highest BCUT2D eigenvalue weighted by atomic mass is 35.5. The second-order valence-corrected chi connectivity index (χ2v) is 8.95. The summed E-state index contributed by atoms with van der Waals surface area (Å²) in [6.45, 7) is 0. The summed E-state index contributed by atoms with van der Waals surface area (Å²) in [5, 5.41) is 11.8. The van der Waals surface area contributed by atoms with E-state index in [4.69, 9.17) is 11.6 Å². The van der Waals surface area contributed by atoms with Crippen LogP contribution in [0.3, 0.4) is 0 Å². The van der Waals surface area contributed by atoms with Crippen LogP contribution in [0.1, 0.15) is 0 Å². The first-order valence-electron chi connectivity index (χ1n) is 7.75. The zero-order valence-corrected chi connectivity index (χ0v) is 16.0. The summed E-state index contributed by atoms with van der Waals surface area (Å²) in [7, 11) is -4.26. The zero-order chi connectivity index (χ0) is 19.2. The Bertz CT molecular complexity index is 1180. The summed E-state index contributed by atoms with van der Waals surface area (Å²) in [6, 6.07) is 17.3. The summed E-state index contributed by atoms with van der Waals surface area (Å²) < 4.78 is 28.2. The Morgan fingerprint density at radius 1 is 0.926 bits per heavy atom. The third-order valence-electron chi connectivity index (χ3n) is 4.02. The molecule has 0 fully saturated rings. The van der Waals surface area contributed by atoms with Crippen molar-refractivity contribution >= 4 is 50.4 Å². The Balaban J connectivity index is 2.02. The molecule has 4 rings (SSSR count). The molecule has 0 atom stereocenters. The van der Waals surface area contributed by atoms with Crippen LogP contribution in [0.4, 0.5) is 17.1 Å². The van der Waals surface area contributed by atoms with Gasteiger partial charge in [0, 0.05) is 20.9 Å². The number of sulfonamides is 1. The molecule has 0 saturated heterocycles. The van der Waals surface area contributed by atoms with Crippen molar-refractivity contribution in [1.29, 1.82) is 0 Å². The standard InChI is InChI=1S/C18H11ClN2O4S2/c19-12-9-10-17-15(11-12)20(13-5-1-3-7-16(13)26-17)27(24,25)18-8-4-2-6-14(18)21(22)23/h1-11H. The number of fused-ring (bicyclic) bond motifs is 2. The molecule has 0 spiro atoms. The Labute approximate surface area is 164 Å². The van der Waals surface area contributed by atoms with E-state index in [1.807, 2.05) is 6.07 Å². The Morgan fingerprint density at radius 3 is 2.37 bits per heavy atom. The number of hydrogen-bond acceptors (Lipinski definition) is 5. The van der Waals surface area contributed by atoms with E-state index >= 15 is 0 Å². The van der Waals surface area contributed by atoms with E-state index in [1.54, 1.807) is 36.4 Å². The van der Waals surface area contributed by atoms with Crippen molar-refractivity contribution in [3.05, 3.63) is 81.9 Å². The third kappa shape index (κ3) is 2.95. The van der Waals surface area contributed by atoms with E-state index in [2.05, 4.69) is 0 Å². The van der Waals surface area contributed by atoms with Gasteiger partial charge in [-0.1, -0.05) is 47.6 Å². The average Bonchev–Trinajstić information content (AvgIpc) is 2.66. The zero-order valence-electron chi connectivity index (χ0n) is 13.6. The van der Waals surface area contributed by atoms with Crippen LogP contribution in [-0.2, 0) is 10.0 Å². The molecule has 9 heteroatoms. The number of rotatable bonds is 3. The van der Waals surface area contributed by atoms with E-state index in [9.17, 15) is 18.5 Å². The smallest absolute Gasteiger partial charge is 0.258 e. The van der Waals surface area contributed by atoms with Gasteiger partial charge in [-0.3, -0.25) is 10.1 Å². The maximum Gasteiger partial charge on any atom is 0.289 e. The van der Waals surface area contributed by atoms with Gasteiger partial charge in [0.05, 0.1) is 16.3 Å². The lowest BCUT2D eigenvalue weighted by Gasteiger charge is -2.31. The van der Waals surface area contributed by atoms with Crippen LogP contribution in [0.15, 0.2) is 81.4 Å². The second kappa shape index (κ2) is 6.56. The molecular weight excluding hydrogens is 408 g/mol. The molecule has 0 bridgehead atoms. The number of nitro benzene ring substituents is 1. The van der Waals surface area contributed by atoms with Gasteiger partial charge in [-0.25, -0.2) is 12.7 Å². The number of anilines is 2. The number of halogens is 1. The second-order valence-electron chi connectivity index (χ2n) is 5.68. The fourth-order valence-corrected chi connectivity index (χ4v) is 5.88. The molecule has 27 heavy (non-hydrogen) atoms. The maximum absolute atomic E-state index is 13.5. The van der Waals surface area contributed by atoms with Gasteiger partial charge >= 0.3 is 0 Å². The Hall–Kier alpha value is -2.55. The minimum Gasteiger partial charge on any atom is -0.258 e. The molecule has 0 unspecified atom stereocenters. The average molecular weight is 419 g/mol. The van der Waals surface area contributed by atoms with E-state index in [0.717, 1.165) is 9.20 Å². The molecule has 3 aromatic rings. The van der Waals surface area contributed by atoms with Crippen LogP contribution < -0.4 is 4.31 Å². The largest absolute Gasteiger partial charge is 0.289 e. The van der Waals surface area contributed by atoms with Crippen molar-refractivity contribution in [2.45, 2.75) is 14.7 Å². The van der Waals surface area contributed by atoms with Crippen LogP contribution >= 0.6 is 23.4 Å². The van der Waals surface area contributed by atoms with E-state index in [1.165, 1.54) is 36.0 Å². The molecule has 0 aliphatic carbocycles. The first kappa shape index (κ1) is 17.8. The monoisotopic (exact) mass is 418 g/mol. The van der Waals surface area contributed by atoms with Gasteiger partial charge in [-0.15, -0.1) is 0 Å². The van der Waals surface area contributed by atoms with Gasteiger partial charge < -0.3 is 0 Å². The molecule has 0 N–H and O–H groups in total. The highest BCUT2D eigenvalue weighted by Crippen LogP contribution is 2.51. The molecule has 0 saturated carbocycles. The predicted octanol–water partition coefficient (Wildman–Crippen LogP) is 5.24. The summed E-state index contributed by atoms with van der Waals surface area (Å²) in [5.41, 5.74) is 0.316. The first-order chi connectivity index (χ1) is 12.9. The van der Waals surface area contributed by atoms with Gasteiger partial charge in [-0.05, 0) is 36.4 Å². The Kier molecular flexibility index (Phi) is 4.33. The molecule has 136 valence electrons. The van der Waals surface area contributed by atoms with Crippen molar-refractivity contribution in [3.63, 3.8) is 0 Å². The van der Waals surface area contributed by atoms with Gasteiger partial charge in [0.2, 0.25) is 0 Å². The highest BCUT2D eigenvalue weighted by molar-refractivity contribution is 8.00. The van der Waals surface area contributed by atoms with Crippen molar-refractivity contribution in [1.82, 2.24) is 0 Å². The molecule has 1 aliphatic heterocycles. The fourth-order valence-electron chi connectivity index (χ4n) is 2.88. The summed E-state index contributed by atoms with van der Waals surface area (Å²) in [5.74, 6) is 0. The highest BCUT2D eigenvalue weighted by Gasteiger charge is 2.37. The lowest BCUT2D eigenvalue weighted by Crippen LogP contribution is -2.29. The first-order valence-corrected chi connectivity index (χ1v) is 10.4. The molecule has 0 amide bonds.